The maximum atomic E-state index is 12.6. The molecule has 0 aliphatic rings. The summed E-state index contributed by atoms with van der Waals surface area (Å²) in [6.45, 7) is 2.54. The Kier molecular flexibility index (Phi) is 6.48. The number of nitrogens with one attached hydrogen (secondary N) is 1. The zero-order valence-electron chi connectivity index (χ0n) is 15.4. The van der Waals surface area contributed by atoms with E-state index < -0.39 is 5.97 Å². The van der Waals surface area contributed by atoms with Gasteiger partial charge in [0, 0.05) is 12.2 Å². The summed E-state index contributed by atoms with van der Waals surface area (Å²) in [5, 5.41) is 5.15. The van der Waals surface area contributed by atoms with E-state index in [1.807, 2.05) is 18.4 Å². The number of fused-ring (bicyclic) bond motifs is 1. The monoisotopic (exact) mass is 417 g/mol. The molecule has 28 heavy (non-hydrogen) atoms. The van der Waals surface area contributed by atoms with Gasteiger partial charge in [-0.15, -0.1) is 11.3 Å². The Labute approximate surface area is 169 Å². The molecule has 1 aromatic carbocycles. The quantitative estimate of drug-likeness (QED) is 0.360. The summed E-state index contributed by atoms with van der Waals surface area (Å²) >= 11 is 2.61. The van der Waals surface area contributed by atoms with Crippen LogP contribution >= 0.6 is 23.1 Å². The van der Waals surface area contributed by atoms with Crippen LogP contribution in [0.5, 0.6) is 0 Å². The molecule has 3 aromatic rings. The fourth-order valence-electron chi connectivity index (χ4n) is 2.59. The molecular formula is C19H19N3O4S2. The van der Waals surface area contributed by atoms with Crippen LogP contribution in [-0.4, -0.2) is 34.3 Å². The van der Waals surface area contributed by atoms with E-state index in [-0.39, 0.29) is 17.2 Å². The molecule has 0 saturated carbocycles. The second-order valence-corrected chi connectivity index (χ2v) is 7.75. The number of nitrogens with zero attached hydrogens (tertiary/aromatic N) is 2. The van der Waals surface area contributed by atoms with Crippen LogP contribution in [0.3, 0.4) is 0 Å². The minimum absolute atomic E-state index is 0.0665. The lowest BCUT2D eigenvalue weighted by atomic mass is 10.2. The highest BCUT2D eigenvalue weighted by Gasteiger charge is 2.14. The molecule has 2 heterocycles. The zero-order valence-corrected chi connectivity index (χ0v) is 17.1. The summed E-state index contributed by atoms with van der Waals surface area (Å²) in [5.74, 6) is -0.541. The van der Waals surface area contributed by atoms with E-state index in [4.69, 9.17) is 0 Å². The number of hydrogen-bond donors (Lipinski definition) is 1. The van der Waals surface area contributed by atoms with Crippen LogP contribution in [0.1, 0.15) is 23.7 Å². The summed E-state index contributed by atoms with van der Waals surface area (Å²) in [5.41, 5.74) is 1.57. The van der Waals surface area contributed by atoms with Crippen molar-refractivity contribution in [1.82, 2.24) is 9.55 Å². The van der Waals surface area contributed by atoms with Gasteiger partial charge in [0.2, 0.25) is 5.91 Å². The number of thioether (sulfide) groups is 1. The largest absolute Gasteiger partial charge is 0.465 e. The van der Waals surface area contributed by atoms with E-state index >= 15 is 0 Å². The van der Waals surface area contributed by atoms with E-state index in [0.717, 1.165) is 6.42 Å². The van der Waals surface area contributed by atoms with Crippen molar-refractivity contribution in [2.45, 2.75) is 25.0 Å². The number of carbonyl (C=O) groups is 2. The number of ether oxygens (including phenoxy) is 1. The van der Waals surface area contributed by atoms with Crippen molar-refractivity contribution < 1.29 is 14.3 Å². The van der Waals surface area contributed by atoms with Gasteiger partial charge in [-0.2, -0.15) is 0 Å². The number of hydrogen-bond acceptors (Lipinski definition) is 7. The van der Waals surface area contributed by atoms with Crippen molar-refractivity contribution in [2.75, 3.05) is 18.2 Å². The average molecular weight is 418 g/mol. The maximum Gasteiger partial charge on any atom is 0.337 e. The lowest BCUT2D eigenvalue weighted by Gasteiger charge is -2.11. The normalized spacial score (nSPS) is 10.8. The van der Waals surface area contributed by atoms with Crippen LogP contribution in [-0.2, 0) is 16.1 Å². The molecule has 0 saturated heterocycles. The number of carbonyl (C=O) groups excluding carboxylic acids is 2. The standard InChI is InChI=1S/C19H19N3O4S2/c1-3-9-22-17(24)16-14(8-10-27-16)21-19(22)28-11-15(23)20-13-6-4-12(5-7-13)18(25)26-2/h4-8,10H,3,9,11H2,1-2H3,(H,20,23). The van der Waals surface area contributed by atoms with Crippen molar-refractivity contribution in [3.8, 4) is 0 Å². The second-order valence-electron chi connectivity index (χ2n) is 5.89. The molecule has 0 bridgehead atoms. The Morgan fingerprint density at radius 1 is 1.25 bits per heavy atom. The number of aromatic nitrogens is 2. The SMILES string of the molecule is CCCn1c(SCC(=O)Nc2ccc(C(=O)OC)cc2)nc2ccsc2c1=O. The fraction of sp³-hybridized carbons (Fsp3) is 0.263. The van der Waals surface area contributed by atoms with E-state index in [0.29, 0.717) is 33.2 Å². The molecule has 0 unspecified atom stereocenters. The Bertz CT molecular complexity index is 1060. The number of methoxy groups -OCH3 is 1. The number of rotatable bonds is 7. The zero-order chi connectivity index (χ0) is 20.1. The molecule has 0 atom stereocenters. The smallest absolute Gasteiger partial charge is 0.337 e. The predicted molar refractivity (Wildman–Crippen MR) is 111 cm³/mol. The van der Waals surface area contributed by atoms with E-state index in [2.05, 4.69) is 15.0 Å². The number of anilines is 1. The van der Waals surface area contributed by atoms with Crippen molar-refractivity contribution in [3.63, 3.8) is 0 Å². The van der Waals surface area contributed by atoms with Crippen LogP contribution in [0.4, 0.5) is 5.69 Å². The van der Waals surface area contributed by atoms with Crippen LogP contribution in [0.2, 0.25) is 0 Å². The average Bonchev–Trinajstić information content (AvgIpc) is 3.17. The molecule has 146 valence electrons. The summed E-state index contributed by atoms with van der Waals surface area (Å²) in [4.78, 5) is 40.9. The topological polar surface area (TPSA) is 90.3 Å². The molecule has 0 spiro atoms. The van der Waals surface area contributed by atoms with Gasteiger partial charge in [0.1, 0.15) is 4.70 Å². The first-order valence-corrected chi connectivity index (χ1v) is 10.5. The van der Waals surface area contributed by atoms with Crippen LogP contribution in [0, 0.1) is 0 Å². The molecule has 0 aliphatic heterocycles. The van der Waals surface area contributed by atoms with Gasteiger partial charge in [-0.1, -0.05) is 18.7 Å². The van der Waals surface area contributed by atoms with Crippen LogP contribution < -0.4 is 10.9 Å². The van der Waals surface area contributed by atoms with Crippen molar-refractivity contribution >= 4 is 50.9 Å². The van der Waals surface area contributed by atoms with Gasteiger partial charge < -0.3 is 10.1 Å². The van der Waals surface area contributed by atoms with E-state index in [1.54, 1.807) is 28.8 Å². The molecule has 0 fully saturated rings. The number of thiophene rings is 1. The fourth-order valence-corrected chi connectivity index (χ4v) is 4.19. The molecule has 7 nitrogen and oxygen atoms in total. The van der Waals surface area contributed by atoms with Gasteiger partial charge in [-0.05, 0) is 42.1 Å². The first-order valence-electron chi connectivity index (χ1n) is 8.62. The summed E-state index contributed by atoms with van der Waals surface area (Å²) < 4.78 is 6.91. The minimum Gasteiger partial charge on any atom is -0.465 e. The summed E-state index contributed by atoms with van der Waals surface area (Å²) in [6, 6.07) is 8.25. The molecular weight excluding hydrogens is 398 g/mol. The highest BCUT2D eigenvalue weighted by Crippen LogP contribution is 2.21. The van der Waals surface area contributed by atoms with Crippen LogP contribution in [0.25, 0.3) is 10.2 Å². The Hall–Kier alpha value is -2.65. The summed E-state index contributed by atoms with van der Waals surface area (Å²) in [7, 11) is 1.31. The van der Waals surface area contributed by atoms with Gasteiger partial charge in [0.25, 0.3) is 5.56 Å². The van der Waals surface area contributed by atoms with Gasteiger partial charge in [0.15, 0.2) is 5.16 Å². The Balaban J connectivity index is 1.69. The number of amides is 1. The molecule has 2 aromatic heterocycles. The molecule has 9 heteroatoms. The number of esters is 1. The molecule has 1 N–H and O–H groups in total. The first-order chi connectivity index (χ1) is 13.5. The van der Waals surface area contributed by atoms with Gasteiger partial charge in [-0.3, -0.25) is 14.2 Å². The van der Waals surface area contributed by atoms with Gasteiger partial charge in [0.05, 0.1) is 23.9 Å². The first kappa shape index (κ1) is 20.1. The third-order valence-corrected chi connectivity index (χ3v) is 5.77. The van der Waals surface area contributed by atoms with Crippen molar-refractivity contribution in [1.29, 1.82) is 0 Å². The lowest BCUT2D eigenvalue weighted by Crippen LogP contribution is -2.23. The Morgan fingerprint density at radius 3 is 2.68 bits per heavy atom. The predicted octanol–water partition coefficient (Wildman–Crippen LogP) is 3.39. The summed E-state index contributed by atoms with van der Waals surface area (Å²) in [6.07, 6.45) is 0.796. The van der Waals surface area contributed by atoms with E-state index in [1.165, 1.54) is 30.2 Å². The van der Waals surface area contributed by atoms with E-state index in [9.17, 15) is 14.4 Å². The third-order valence-electron chi connectivity index (χ3n) is 3.90. The van der Waals surface area contributed by atoms with Crippen molar-refractivity contribution in [2.24, 2.45) is 0 Å². The highest BCUT2D eigenvalue weighted by molar-refractivity contribution is 7.99. The van der Waals surface area contributed by atoms with Crippen molar-refractivity contribution in [3.05, 3.63) is 51.6 Å². The molecule has 1 amide bonds. The van der Waals surface area contributed by atoms with Gasteiger partial charge >= 0.3 is 5.97 Å². The third kappa shape index (κ3) is 4.42. The lowest BCUT2D eigenvalue weighted by molar-refractivity contribution is -0.113. The Morgan fingerprint density at radius 2 is 2.00 bits per heavy atom. The molecule has 0 aliphatic carbocycles. The number of benzene rings is 1. The molecule has 0 radical (unpaired) electrons. The minimum atomic E-state index is -0.433. The van der Waals surface area contributed by atoms with Gasteiger partial charge in [-0.25, -0.2) is 9.78 Å². The second kappa shape index (κ2) is 9.03. The maximum absolute atomic E-state index is 12.6. The highest BCUT2D eigenvalue weighted by atomic mass is 32.2. The van der Waals surface area contributed by atoms with Crippen LogP contribution in [0.15, 0.2) is 45.7 Å². The molecule has 3 rings (SSSR count).